The smallest absolute Gasteiger partial charge is 0.440 e. The zero-order valence-corrected chi connectivity index (χ0v) is 12.1. The Hall–Kier alpha value is -2.09. The van der Waals surface area contributed by atoms with Gasteiger partial charge >= 0.3 is 17.8 Å². The van der Waals surface area contributed by atoms with E-state index >= 15 is 0 Å². The van der Waals surface area contributed by atoms with E-state index in [1.54, 1.807) is 37.3 Å². The van der Waals surface area contributed by atoms with E-state index in [-0.39, 0.29) is 18.9 Å². The van der Waals surface area contributed by atoms with Crippen molar-refractivity contribution < 1.29 is 22.7 Å². The van der Waals surface area contributed by atoms with Crippen LogP contribution in [0.25, 0.3) is 0 Å². The topological polar surface area (TPSA) is 53.9 Å². The second kappa shape index (κ2) is 5.96. The molecule has 0 radical (unpaired) electrons. The summed E-state index contributed by atoms with van der Waals surface area (Å²) >= 11 is 0. The van der Waals surface area contributed by atoms with Gasteiger partial charge in [0.05, 0.1) is 12.3 Å². The Labute approximate surface area is 125 Å². The molecule has 1 heterocycles. The fraction of sp³-hybridized carbons (Fsp3) is 0.429. The zero-order valence-electron chi connectivity index (χ0n) is 12.1. The first kappa shape index (κ1) is 16.3. The van der Waals surface area contributed by atoms with Crippen LogP contribution in [0.15, 0.2) is 35.3 Å². The molecule has 1 aromatic carbocycles. The van der Waals surface area contributed by atoms with Crippen LogP contribution in [0, 0.1) is 0 Å². The number of hydrogen-bond donors (Lipinski definition) is 1. The number of esters is 1. The minimum absolute atomic E-state index is 0.108. The van der Waals surface area contributed by atoms with Gasteiger partial charge in [-0.3, -0.25) is 5.01 Å². The van der Waals surface area contributed by atoms with Crippen molar-refractivity contribution in [3.05, 3.63) is 30.3 Å². The maximum absolute atomic E-state index is 13.5. The van der Waals surface area contributed by atoms with Crippen molar-refractivity contribution in [1.82, 2.24) is 5.43 Å². The standard InChI is InChI=1S/C14H16F3N3O2/c1-3-11-18-13(14(15,16)17,12(21)22-4-2)19-20(11)10-8-6-5-7-9-10/h5-9,19H,3-4H2,1-2H3. The molecule has 0 saturated heterocycles. The molecule has 0 amide bonds. The third-order valence-electron chi connectivity index (χ3n) is 3.14. The van der Waals surface area contributed by atoms with E-state index < -0.39 is 17.8 Å². The number of nitrogens with one attached hydrogen (secondary N) is 1. The highest BCUT2D eigenvalue weighted by atomic mass is 19.4. The molecule has 1 aromatic rings. The van der Waals surface area contributed by atoms with Crippen molar-refractivity contribution in [1.29, 1.82) is 0 Å². The van der Waals surface area contributed by atoms with Crippen LogP contribution in [0.5, 0.6) is 0 Å². The number of carbonyl (C=O) groups excluding carboxylic acids is 1. The molecule has 5 nitrogen and oxygen atoms in total. The van der Waals surface area contributed by atoms with Crippen LogP contribution < -0.4 is 10.4 Å². The van der Waals surface area contributed by atoms with E-state index in [1.165, 1.54) is 11.9 Å². The molecule has 1 N–H and O–H groups in total. The molecule has 120 valence electrons. The molecule has 1 atom stereocenters. The van der Waals surface area contributed by atoms with Gasteiger partial charge in [-0.15, -0.1) is 0 Å². The fourth-order valence-electron chi connectivity index (χ4n) is 2.09. The summed E-state index contributed by atoms with van der Waals surface area (Å²) < 4.78 is 45.1. The van der Waals surface area contributed by atoms with Gasteiger partial charge in [0.2, 0.25) is 0 Å². The average molecular weight is 315 g/mol. The summed E-state index contributed by atoms with van der Waals surface area (Å²) in [5.74, 6) is -1.36. The van der Waals surface area contributed by atoms with Gasteiger partial charge in [0.25, 0.3) is 0 Å². The number of ether oxygens (including phenoxy) is 1. The van der Waals surface area contributed by atoms with Gasteiger partial charge in [0, 0.05) is 6.42 Å². The normalized spacial score (nSPS) is 21.7. The lowest BCUT2D eigenvalue weighted by atomic mass is 10.2. The number of aliphatic imine (C=N–C) groups is 1. The van der Waals surface area contributed by atoms with Crippen molar-refractivity contribution in [2.24, 2.45) is 4.99 Å². The van der Waals surface area contributed by atoms with Gasteiger partial charge in [-0.25, -0.2) is 9.79 Å². The number of anilines is 1. The minimum atomic E-state index is -4.93. The number of para-hydroxylation sites is 1. The van der Waals surface area contributed by atoms with E-state index in [2.05, 4.69) is 15.2 Å². The number of halogens is 3. The second-order valence-electron chi connectivity index (χ2n) is 4.59. The van der Waals surface area contributed by atoms with E-state index in [0.29, 0.717) is 5.69 Å². The summed E-state index contributed by atoms with van der Waals surface area (Å²) in [6.45, 7) is 2.94. The lowest BCUT2D eigenvalue weighted by Crippen LogP contribution is -2.62. The van der Waals surface area contributed by atoms with Crippen LogP contribution in [0.4, 0.5) is 18.9 Å². The number of benzene rings is 1. The average Bonchev–Trinajstić information content (AvgIpc) is 2.89. The van der Waals surface area contributed by atoms with E-state index in [9.17, 15) is 18.0 Å². The Balaban J connectivity index is 2.46. The molecule has 1 aliphatic heterocycles. The van der Waals surface area contributed by atoms with Crippen LogP contribution in [0.3, 0.4) is 0 Å². The van der Waals surface area contributed by atoms with Crippen molar-refractivity contribution in [2.45, 2.75) is 32.1 Å². The van der Waals surface area contributed by atoms with Crippen molar-refractivity contribution in [3.8, 4) is 0 Å². The van der Waals surface area contributed by atoms with Gasteiger partial charge < -0.3 is 4.74 Å². The highest BCUT2D eigenvalue weighted by Gasteiger charge is 2.66. The Morgan fingerprint density at radius 3 is 2.45 bits per heavy atom. The van der Waals surface area contributed by atoms with E-state index in [1.807, 2.05) is 0 Å². The second-order valence-corrected chi connectivity index (χ2v) is 4.59. The fourth-order valence-corrected chi connectivity index (χ4v) is 2.09. The first-order chi connectivity index (χ1) is 10.4. The largest absolute Gasteiger partial charge is 0.463 e. The summed E-state index contributed by atoms with van der Waals surface area (Å²) in [5.41, 5.74) is -0.474. The molecule has 0 saturated carbocycles. The lowest BCUT2D eigenvalue weighted by Gasteiger charge is -2.29. The number of hydrogen-bond acceptors (Lipinski definition) is 5. The molecule has 1 aliphatic rings. The van der Waals surface area contributed by atoms with Gasteiger partial charge in [-0.2, -0.15) is 18.6 Å². The summed E-state index contributed by atoms with van der Waals surface area (Å²) in [6.07, 6.45) is -4.71. The predicted molar refractivity (Wildman–Crippen MR) is 75.2 cm³/mol. The third-order valence-corrected chi connectivity index (χ3v) is 3.14. The summed E-state index contributed by atoms with van der Waals surface area (Å²) in [5, 5.41) is 1.17. The Bertz CT molecular complexity index is 574. The van der Waals surface area contributed by atoms with Crippen LogP contribution in [0.2, 0.25) is 0 Å². The minimum Gasteiger partial charge on any atom is -0.463 e. The van der Waals surface area contributed by atoms with Gasteiger partial charge in [-0.05, 0) is 19.1 Å². The molecule has 8 heteroatoms. The molecular weight excluding hydrogens is 299 g/mol. The number of hydrazine groups is 1. The van der Waals surface area contributed by atoms with Gasteiger partial charge in [0.1, 0.15) is 5.84 Å². The van der Waals surface area contributed by atoms with Crippen molar-refractivity contribution in [2.75, 3.05) is 11.6 Å². The molecule has 0 aromatic heterocycles. The quantitative estimate of drug-likeness (QED) is 0.868. The summed E-state index contributed by atoms with van der Waals surface area (Å²) in [6, 6.07) is 8.35. The summed E-state index contributed by atoms with van der Waals surface area (Å²) in [7, 11) is 0. The number of nitrogens with zero attached hydrogens (tertiary/aromatic N) is 2. The Morgan fingerprint density at radius 2 is 1.95 bits per heavy atom. The molecule has 0 aliphatic carbocycles. The molecule has 22 heavy (non-hydrogen) atoms. The molecule has 2 rings (SSSR count). The van der Waals surface area contributed by atoms with Crippen molar-refractivity contribution in [3.63, 3.8) is 0 Å². The first-order valence-corrected chi connectivity index (χ1v) is 6.81. The SMILES string of the molecule is CCOC(=O)C1(C(F)(F)F)N=C(CC)N(c2ccccc2)N1. The van der Waals surface area contributed by atoms with Gasteiger partial charge in [0.15, 0.2) is 0 Å². The molecule has 0 spiro atoms. The molecule has 0 fully saturated rings. The monoisotopic (exact) mass is 315 g/mol. The van der Waals surface area contributed by atoms with Crippen LogP contribution in [0.1, 0.15) is 20.3 Å². The summed E-state index contributed by atoms with van der Waals surface area (Å²) in [4.78, 5) is 15.5. The molecule has 0 bridgehead atoms. The van der Waals surface area contributed by atoms with Gasteiger partial charge in [-0.1, -0.05) is 25.1 Å². The highest BCUT2D eigenvalue weighted by molar-refractivity contribution is 6.02. The number of rotatable bonds is 4. The molecular formula is C14H16F3N3O2. The van der Waals surface area contributed by atoms with Crippen LogP contribution in [-0.2, 0) is 9.53 Å². The third kappa shape index (κ3) is 2.66. The predicted octanol–water partition coefficient (Wildman–Crippen LogP) is 2.64. The molecule has 1 unspecified atom stereocenters. The van der Waals surface area contributed by atoms with Crippen molar-refractivity contribution >= 4 is 17.5 Å². The highest BCUT2D eigenvalue weighted by Crippen LogP contribution is 2.37. The van der Waals surface area contributed by atoms with E-state index in [0.717, 1.165) is 0 Å². The lowest BCUT2D eigenvalue weighted by molar-refractivity contribution is -0.209. The zero-order chi connectivity index (χ0) is 16.4. The van der Waals surface area contributed by atoms with E-state index in [4.69, 9.17) is 0 Å². The van der Waals surface area contributed by atoms with Crippen LogP contribution in [-0.4, -0.2) is 30.3 Å². The maximum Gasteiger partial charge on any atom is 0.440 e. The Morgan fingerprint density at radius 1 is 1.32 bits per heavy atom. The first-order valence-electron chi connectivity index (χ1n) is 6.81. The van der Waals surface area contributed by atoms with Crippen LogP contribution >= 0.6 is 0 Å². The number of amidine groups is 1. The number of alkyl halides is 3. The number of carbonyl (C=O) groups is 1. The Kier molecular flexibility index (Phi) is 4.41. The maximum atomic E-state index is 13.5.